The van der Waals surface area contributed by atoms with Crippen LogP contribution in [0.1, 0.15) is 12.0 Å². The maximum atomic E-state index is 13.5. The summed E-state index contributed by atoms with van der Waals surface area (Å²) in [6.45, 7) is 5.88. The average Bonchev–Trinajstić information content (AvgIpc) is 2.41. The Labute approximate surface area is 108 Å². The van der Waals surface area contributed by atoms with Crippen molar-refractivity contribution in [3.63, 3.8) is 0 Å². The van der Waals surface area contributed by atoms with Crippen molar-refractivity contribution in [3.05, 3.63) is 35.6 Å². The summed E-state index contributed by atoms with van der Waals surface area (Å²) >= 11 is 0. The van der Waals surface area contributed by atoms with Crippen molar-refractivity contribution in [1.29, 1.82) is 0 Å². The van der Waals surface area contributed by atoms with E-state index in [0.717, 1.165) is 44.7 Å². The third-order valence-electron chi connectivity index (χ3n) is 3.45. The van der Waals surface area contributed by atoms with Gasteiger partial charge in [-0.25, -0.2) is 4.39 Å². The molecule has 1 aliphatic heterocycles. The van der Waals surface area contributed by atoms with Crippen LogP contribution >= 0.6 is 0 Å². The molecule has 3 nitrogen and oxygen atoms in total. The second kappa shape index (κ2) is 6.83. The SMILES string of the molecule is OCCCN1CCN(Cc2ccccc2F)CC1. The van der Waals surface area contributed by atoms with Gasteiger partial charge in [0, 0.05) is 51.4 Å². The lowest BCUT2D eigenvalue weighted by molar-refractivity contribution is 0.119. The van der Waals surface area contributed by atoms with E-state index in [2.05, 4.69) is 9.80 Å². The van der Waals surface area contributed by atoms with Crippen LogP contribution in [-0.2, 0) is 6.54 Å². The Morgan fingerprint density at radius 1 is 1.06 bits per heavy atom. The second-order valence-electron chi connectivity index (χ2n) is 4.79. The lowest BCUT2D eigenvalue weighted by Gasteiger charge is -2.34. The van der Waals surface area contributed by atoms with Gasteiger partial charge < -0.3 is 10.0 Å². The van der Waals surface area contributed by atoms with Gasteiger partial charge in [0.1, 0.15) is 5.82 Å². The number of hydrogen-bond acceptors (Lipinski definition) is 3. The molecule has 0 unspecified atom stereocenters. The van der Waals surface area contributed by atoms with Crippen molar-refractivity contribution in [3.8, 4) is 0 Å². The van der Waals surface area contributed by atoms with Crippen LogP contribution in [0, 0.1) is 5.82 Å². The number of nitrogens with zero attached hydrogens (tertiary/aromatic N) is 2. The summed E-state index contributed by atoms with van der Waals surface area (Å²) < 4.78 is 13.5. The summed E-state index contributed by atoms with van der Waals surface area (Å²) in [6, 6.07) is 6.99. The van der Waals surface area contributed by atoms with Crippen molar-refractivity contribution in [1.82, 2.24) is 9.80 Å². The highest BCUT2D eigenvalue weighted by molar-refractivity contribution is 5.17. The highest BCUT2D eigenvalue weighted by Gasteiger charge is 2.17. The van der Waals surface area contributed by atoms with Gasteiger partial charge in [0.05, 0.1) is 0 Å². The summed E-state index contributed by atoms with van der Waals surface area (Å²) in [5.41, 5.74) is 0.779. The van der Waals surface area contributed by atoms with Crippen LogP contribution in [0.2, 0.25) is 0 Å². The zero-order chi connectivity index (χ0) is 12.8. The van der Waals surface area contributed by atoms with E-state index in [1.165, 1.54) is 6.07 Å². The monoisotopic (exact) mass is 252 g/mol. The molecule has 0 aromatic heterocycles. The molecule has 1 heterocycles. The number of benzene rings is 1. The minimum absolute atomic E-state index is 0.111. The third-order valence-corrected chi connectivity index (χ3v) is 3.45. The first kappa shape index (κ1) is 13.5. The van der Waals surface area contributed by atoms with Crippen LogP contribution in [0.25, 0.3) is 0 Å². The molecule has 0 aliphatic carbocycles. The number of hydrogen-bond donors (Lipinski definition) is 1. The highest BCUT2D eigenvalue weighted by Crippen LogP contribution is 2.12. The zero-order valence-corrected chi connectivity index (χ0v) is 10.7. The summed E-state index contributed by atoms with van der Waals surface area (Å²) in [5, 5.41) is 8.80. The number of aliphatic hydroxyl groups is 1. The average molecular weight is 252 g/mol. The van der Waals surface area contributed by atoms with E-state index in [-0.39, 0.29) is 12.4 Å². The van der Waals surface area contributed by atoms with Gasteiger partial charge in [-0.2, -0.15) is 0 Å². The van der Waals surface area contributed by atoms with Gasteiger partial charge >= 0.3 is 0 Å². The molecule has 1 saturated heterocycles. The molecule has 0 spiro atoms. The molecule has 1 aliphatic rings. The fourth-order valence-corrected chi connectivity index (χ4v) is 2.33. The van der Waals surface area contributed by atoms with Crippen LogP contribution in [0.15, 0.2) is 24.3 Å². The Hall–Kier alpha value is -0.970. The topological polar surface area (TPSA) is 26.7 Å². The van der Waals surface area contributed by atoms with Crippen LogP contribution in [0.3, 0.4) is 0 Å². The van der Waals surface area contributed by atoms with Gasteiger partial charge in [0.2, 0.25) is 0 Å². The summed E-state index contributed by atoms with van der Waals surface area (Å²) in [5.74, 6) is -0.111. The molecular weight excluding hydrogens is 231 g/mol. The van der Waals surface area contributed by atoms with Crippen molar-refractivity contribution in [2.75, 3.05) is 39.3 Å². The van der Waals surface area contributed by atoms with Gasteiger partial charge in [-0.15, -0.1) is 0 Å². The van der Waals surface area contributed by atoms with E-state index < -0.39 is 0 Å². The molecule has 4 heteroatoms. The van der Waals surface area contributed by atoms with Crippen LogP contribution in [0.5, 0.6) is 0 Å². The number of aliphatic hydroxyl groups excluding tert-OH is 1. The van der Waals surface area contributed by atoms with Gasteiger partial charge in [-0.05, 0) is 12.5 Å². The maximum Gasteiger partial charge on any atom is 0.127 e. The molecule has 1 fully saturated rings. The number of rotatable bonds is 5. The second-order valence-corrected chi connectivity index (χ2v) is 4.79. The fraction of sp³-hybridized carbons (Fsp3) is 0.571. The lowest BCUT2D eigenvalue weighted by Crippen LogP contribution is -2.46. The number of piperazine rings is 1. The summed E-state index contributed by atoms with van der Waals surface area (Å²) in [7, 11) is 0. The lowest BCUT2D eigenvalue weighted by atomic mass is 10.2. The highest BCUT2D eigenvalue weighted by atomic mass is 19.1. The first-order valence-corrected chi connectivity index (χ1v) is 6.58. The molecule has 2 rings (SSSR count). The molecule has 0 saturated carbocycles. The van der Waals surface area contributed by atoms with Crippen molar-refractivity contribution in [2.45, 2.75) is 13.0 Å². The first-order valence-electron chi connectivity index (χ1n) is 6.58. The molecule has 0 atom stereocenters. The van der Waals surface area contributed by atoms with E-state index in [9.17, 15) is 4.39 Å². The van der Waals surface area contributed by atoms with Crippen molar-refractivity contribution in [2.24, 2.45) is 0 Å². The fourth-order valence-electron chi connectivity index (χ4n) is 2.33. The molecule has 100 valence electrons. The minimum Gasteiger partial charge on any atom is -0.396 e. The van der Waals surface area contributed by atoms with Crippen molar-refractivity contribution >= 4 is 0 Å². The van der Waals surface area contributed by atoms with E-state index in [1.807, 2.05) is 12.1 Å². The van der Waals surface area contributed by atoms with E-state index in [4.69, 9.17) is 5.11 Å². The standard InChI is InChI=1S/C14H21FN2O/c15-14-5-2-1-4-13(14)12-17-9-7-16(8-10-17)6-3-11-18/h1-2,4-5,18H,3,6-12H2. The van der Waals surface area contributed by atoms with Gasteiger partial charge in [-0.3, -0.25) is 4.90 Å². The van der Waals surface area contributed by atoms with Crippen LogP contribution in [0.4, 0.5) is 4.39 Å². The predicted molar refractivity (Wildman–Crippen MR) is 69.8 cm³/mol. The maximum absolute atomic E-state index is 13.5. The molecular formula is C14H21FN2O. The molecule has 0 amide bonds. The van der Waals surface area contributed by atoms with Crippen LogP contribution in [-0.4, -0.2) is 54.2 Å². The summed E-state index contributed by atoms with van der Waals surface area (Å²) in [4.78, 5) is 4.64. The molecule has 1 N–H and O–H groups in total. The molecule has 18 heavy (non-hydrogen) atoms. The Bertz CT molecular complexity index is 365. The molecule has 0 bridgehead atoms. The van der Waals surface area contributed by atoms with E-state index in [0.29, 0.717) is 6.54 Å². The minimum atomic E-state index is -0.111. The molecule has 0 radical (unpaired) electrons. The Kier molecular flexibility index (Phi) is 5.11. The zero-order valence-electron chi connectivity index (χ0n) is 10.7. The predicted octanol–water partition coefficient (Wildman–Crippen LogP) is 1.33. The summed E-state index contributed by atoms with van der Waals surface area (Å²) in [6.07, 6.45) is 0.841. The largest absolute Gasteiger partial charge is 0.396 e. The third kappa shape index (κ3) is 3.77. The molecule has 1 aromatic rings. The molecule has 1 aromatic carbocycles. The van der Waals surface area contributed by atoms with Gasteiger partial charge in [0.25, 0.3) is 0 Å². The Morgan fingerprint density at radius 2 is 1.72 bits per heavy atom. The smallest absolute Gasteiger partial charge is 0.127 e. The van der Waals surface area contributed by atoms with E-state index in [1.54, 1.807) is 6.07 Å². The Morgan fingerprint density at radius 3 is 2.39 bits per heavy atom. The van der Waals surface area contributed by atoms with Crippen molar-refractivity contribution < 1.29 is 9.50 Å². The van der Waals surface area contributed by atoms with E-state index >= 15 is 0 Å². The van der Waals surface area contributed by atoms with Gasteiger partial charge in [-0.1, -0.05) is 18.2 Å². The first-order chi connectivity index (χ1) is 8.79. The quantitative estimate of drug-likeness (QED) is 0.856. The Balaban J connectivity index is 1.78. The number of halogens is 1. The normalized spacial score (nSPS) is 18.1. The van der Waals surface area contributed by atoms with Gasteiger partial charge in [0.15, 0.2) is 0 Å². The van der Waals surface area contributed by atoms with Crippen LogP contribution < -0.4 is 0 Å².